The molecule has 0 bridgehead atoms. The largest absolute Gasteiger partial charge is 0.475 e. The van der Waals surface area contributed by atoms with Crippen LogP contribution < -0.4 is 4.74 Å². The SMILES string of the molecule is O=C(CCS/C=C\c1ccccc1)N1CCOC(COc2ccc(C(F)(F)F)cn2)C1. The van der Waals surface area contributed by atoms with Crippen LogP contribution in [0, 0.1) is 0 Å². The Morgan fingerprint density at radius 1 is 1.26 bits per heavy atom. The number of hydrogen-bond acceptors (Lipinski definition) is 5. The number of ether oxygens (including phenoxy) is 2. The van der Waals surface area contributed by atoms with Gasteiger partial charge in [0, 0.05) is 31.0 Å². The van der Waals surface area contributed by atoms with Gasteiger partial charge in [-0.05, 0) is 23.1 Å². The summed E-state index contributed by atoms with van der Waals surface area (Å²) in [7, 11) is 0. The second kappa shape index (κ2) is 11.2. The van der Waals surface area contributed by atoms with Crippen molar-refractivity contribution in [3.63, 3.8) is 0 Å². The summed E-state index contributed by atoms with van der Waals surface area (Å²) in [5.41, 5.74) is 0.280. The number of halogens is 3. The summed E-state index contributed by atoms with van der Waals surface area (Å²) in [4.78, 5) is 17.9. The van der Waals surface area contributed by atoms with Crippen molar-refractivity contribution in [2.45, 2.75) is 18.7 Å². The number of amides is 1. The highest BCUT2D eigenvalue weighted by molar-refractivity contribution is 8.02. The van der Waals surface area contributed by atoms with Gasteiger partial charge in [0.05, 0.1) is 18.7 Å². The number of hydrogen-bond donors (Lipinski definition) is 0. The van der Waals surface area contributed by atoms with E-state index < -0.39 is 11.7 Å². The first-order valence-electron chi connectivity index (χ1n) is 9.80. The lowest BCUT2D eigenvalue weighted by Crippen LogP contribution is -2.47. The van der Waals surface area contributed by atoms with E-state index in [2.05, 4.69) is 4.98 Å². The van der Waals surface area contributed by atoms with Crippen molar-refractivity contribution in [1.29, 1.82) is 0 Å². The molecule has 1 unspecified atom stereocenters. The number of rotatable bonds is 8. The number of aromatic nitrogens is 1. The van der Waals surface area contributed by atoms with E-state index in [4.69, 9.17) is 9.47 Å². The van der Waals surface area contributed by atoms with E-state index in [1.54, 1.807) is 16.7 Å². The van der Waals surface area contributed by atoms with Gasteiger partial charge >= 0.3 is 6.18 Å². The zero-order chi connectivity index (χ0) is 22.1. The van der Waals surface area contributed by atoms with Crippen LogP contribution in [-0.4, -0.2) is 54.0 Å². The Morgan fingerprint density at radius 2 is 2.06 bits per heavy atom. The van der Waals surface area contributed by atoms with E-state index in [9.17, 15) is 18.0 Å². The first kappa shape index (κ1) is 23.1. The van der Waals surface area contributed by atoms with Gasteiger partial charge in [0.15, 0.2) is 0 Å². The summed E-state index contributed by atoms with van der Waals surface area (Å²) in [6.07, 6.45) is -1.64. The van der Waals surface area contributed by atoms with E-state index in [0.717, 1.165) is 17.8 Å². The fourth-order valence-corrected chi connectivity index (χ4v) is 3.60. The minimum atomic E-state index is -4.44. The summed E-state index contributed by atoms with van der Waals surface area (Å²) in [6.45, 7) is 1.39. The third-order valence-electron chi connectivity index (χ3n) is 4.56. The van der Waals surface area contributed by atoms with Gasteiger partial charge in [-0.25, -0.2) is 4.98 Å². The Kier molecular flexibility index (Phi) is 8.36. The molecule has 0 saturated carbocycles. The molecule has 1 saturated heterocycles. The fraction of sp³-hybridized carbons (Fsp3) is 0.364. The van der Waals surface area contributed by atoms with Gasteiger partial charge in [0.25, 0.3) is 0 Å². The number of carbonyl (C=O) groups is 1. The molecule has 0 aliphatic carbocycles. The maximum Gasteiger partial charge on any atom is 0.417 e. The third-order valence-corrected chi connectivity index (χ3v) is 5.33. The highest BCUT2D eigenvalue weighted by Crippen LogP contribution is 2.29. The van der Waals surface area contributed by atoms with Gasteiger partial charge in [0.1, 0.15) is 12.7 Å². The number of morpholine rings is 1. The number of alkyl halides is 3. The summed E-state index contributed by atoms with van der Waals surface area (Å²) in [6, 6.07) is 12.0. The average Bonchev–Trinajstić information content (AvgIpc) is 2.78. The van der Waals surface area contributed by atoms with Gasteiger partial charge in [-0.1, -0.05) is 30.3 Å². The molecular weight excluding hydrogens is 429 g/mol. The highest BCUT2D eigenvalue weighted by Gasteiger charge is 2.31. The van der Waals surface area contributed by atoms with Crippen LogP contribution in [0.15, 0.2) is 54.1 Å². The minimum Gasteiger partial charge on any atom is -0.475 e. The van der Waals surface area contributed by atoms with Crippen LogP contribution in [-0.2, 0) is 15.7 Å². The van der Waals surface area contributed by atoms with Crippen molar-refractivity contribution in [3.8, 4) is 5.88 Å². The van der Waals surface area contributed by atoms with Crippen LogP contribution in [0.1, 0.15) is 17.5 Å². The number of pyridine rings is 1. The van der Waals surface area contributed by atoms with E-state index in [0.29, 0.717) is 31.9 Å². The Labute approximate surface area is 183 Å². The maximum atomic E-state index is 12.6. The van der Waals surface area contributed by atoms with Crippen molar-refractivity contribution in [2.24, 2.45) is 0 Å². The average molecular weight is 452 g/mol. The molecule has 1 atom stereocenters. The van der Waals surface area contributed by atoms with Gasteiger partial charge in [-0.3, -0.25) is 4.79 Å². The Balaban J connectivity index is 1.38. The van der Waals surface area contributed by atoms with Crippen molar-refractivity contribution >= 4 is 23.7 Å². The zero-order valence-corrected chi connectivity index (χ0v) is 17.6. The molecule has 0 radical (unpaired) electrons. The molecule has 9 heteroatoms. The molecular formula is C22H23F3N2O3S. The molecule has 3 rings (SSSR count). The van der Waals surface area contributed by atoms with Crippen molar-refractivity contribution in [3.05, 3.63) is 65.2 Å². The van der Waals surface area contributed by atoms with Crippen LogP contribution >= 0.6 is 11.8 Å². The van der Waals surface area contributed by atoms with Gasteiger partial charge in [-0.15, -0.1) is 11.8 Å². The monoisotopic (exact) mass is 452 g/mol. The number of carbonyl (C=O) groups excluding carboxylic acids is 1. The van der Waals surface area contributed by atoms with Crippen LogP contribution in [0.2, 0.25) is 0 Å². The second-order valence-electron chi connectivity index (χ2n) is 6.86. The van der Waals surface area contributed by atoms with Crippen LogP contribution in [0.25, 0.3) is 6.08 Å². The molecule has 1 fully saturated rings. The van der Waals surface area contributed by atoms with Crippen molar-refractivity contribution in [1.82, 2.24) is 9.88 Å². The Bertz CT molecular complexity index is 861. The number of nitrogens with zero attached hydrogens (tertiary/aromatic N) is 2. The normalized spacial score (nSPS) is 17.1. The van der Waals surface area contributed by atoms with E-state index >= 15 is 0 Å². The quantitative estimate of drug-likeness (QED) is 0.552. The number of benzene rings is 1. The summed E-state index contributed by atoms with van der Waals surface area (Å²) in [5.74, 6) is 0.805. The lowest BCUT2D eigenvalue weighted by molar-refractivity contribution is -0.139. The lowest BCUT2D eigenvalue weighted by atomic mass is 10.2. The molecule has 166 valence electrons. The van der Waals surface area contributed by atoms with Gasteiger partial charge < -0.3 is 14.4 Å². The summed E-state index contributed by atoms with van der Waals surface area (Å²) >= 11 is 1.58. The molecule has 1 aromatic heterocycles. The Morgan fingerprint density at radius 3 is 2.77 bits per heavy atom. The fourth-order valence-electron chi connectivity index (χ4n) is 2.92. The topological polar surface area (TPSA) is 51.7 Å². The van der Waals surface area contributed by atoms with Crippen LogP contribution in [0.3, 0.4) is 0 Å². The molecule has 1 aromatic carbocycles. The molecule has 1 aliphatic rings. The van der Waals surface area contributed by atoms with Gasteiger partial charge in [-0.2, -0.15) is 13.2 Å². The predicted octanol–water partition coefficient (Wildman–Crippen LogP) is 4.50. The van der Waals surface area contributed by atoms with E-state index in [-0.39, 0.29) is 24.5 Å². The molecule has 2 aromatic rings. The van der Waals surface area contributed by atoms with E-state index in [1.165, 1.54) is 6.07 Å². The summed E-state index contributed by atoms with van der Waals surface area (Å²) < 4.78 is 48.8. The van der Waals surface area contributed by atoms with E-state index in [1.807, 2.05) is 41.8 Å². The standard InChI is InChI=1S/C22H23F3N2O3S/c23-22(24,25)18-6-7-20(26-14-18)30-16-19-15-27(10-11-29-19)21(28)9-13-31-12-8-17-4-2-1-3-5-17/h1-8,12,14,19H,9-11,13,15-16H2/b12-8-. The number of thioether (sulfide) groups is 1. The zero-order valence-electron chi connectivity index (χ0n) is 16.8. The second-order valence-corrected chi connectivity index (χ2v) is 7.87. The smallest absolute Gasteiger partial charge is 0.417 e. The minimum absolute atomic E-state index is 0.0431. The van der Waals surface area contributed by atoms with Crippen LogP contribution in [0.5, 0.6) is 5.88 Å². The molecule has 1 amide bonds. The maximum absolute atomic E-state index is 12.6. The first-order chi connectivity index (χ1) is 14.9. The van der Waals surface area contributed by atoms with Crippen LogP contribution in [0.4, 0.5) is 13.2 Å². The highest BCUT2D eigenvalue weighted by atomic mass is 32.2. The predicted molar refractivity (Wildman–Crippen MR) is 114 cm³/mol. The van der Waals surface area contributed by atoms with Gasteiger partial charge in [0.2, 0.25) is 11.8 Å². The lowest BCUT2D eigenvalue weighted by Gasteiger charge is -2.32. The molecule has 2 heterocycles. The molecule has 5 nitrogen and oxygen atoms in total. The Hall–Kier alpha value is -2.52. The molecule has 0 spiro atoms. The van der Waals surface area contributed by atoms with Crippen molar-refractivity contribution < 1.29 is 27.4 Å². The molecule has 0 N–H and O–H groups in total. The summed E-state index contributed by atoms with van der Waals surface area (Å²) in [5, 5.41) is 1.98. The first-order valence-corrected chi connectivity index (χ1v) is 10.9. The molecule has 1 aliphatic heterocycles. The van der Waals surface area contributed by atoms with Crippen molar-refractivity contribution in [2.75, 3.05) is 32.1 Å². The third kappa shape index (κ3) is 7.59. The molecule has 31 heavy (non-hydrogen) atoms.